The van der Waals surface area contributed by atoms with E-state index in [4.69, 9.17) is 9.84 Å². The van der Waals surface area contributed by atoms with Crippen LogP contribution in [-0.2, 0) is 4.74 Å². The molecule has 1 aromatic heterocycles. The maximum Gasteiger partial charge on any atom is 0.345 e. The Hall–Kier alpha value is -1.07. The number of anilines is 1. The molecule has 1 N–H and O–H groups in total. The predicted octanol–water partition coefficient (Wildman–Crippen LogP) is 2.45. The first-order valence-electron chi connectivity index (χ1n) is 5.83. The number of rotatable bonds is 3. The largest absolute Gasteiger partial charge is 0.477 e. The van der Waals surface area contributed by atoms with Gasteiger partial charge in [-0.25, -0.2) is 4.79 Å². The van der Waals surface area contributed by atoms with Gasteiger partial charge in [-0.2, -0.15) is 0 Å². The fraction of sp³-hybridized carbons (Fsp3) is 0.583. The van der Waals surface area contributed by atoms with Crippen LogP contribution in [0.15, 0.2) is 12.1 Å². The Balaban J connectivity index is 2.19. The van der Waals surface area contributed by atoms with Gasteiger partial charge in [-0.15, -0.1) is 11.3 Å². The summed E-state index contributed by atoms with van der Waals surface area (Å²) in [5.74, 6) is -0.851. The fourth-order valence-corrected chi connectivity index (χ4v) is 2.97. The molecular formula is C12H17NO3S. The van der Waals surface area contributed by atoms with Crippen LogP contribution in [0.1, 0.15) is 29.9 Å². The standard InChI is InChI=1S/C12H17NO3S/c1-3-9-7-16-8(2)6-13(9)11-5-4-10(17-11)12(14)15/h4-5,8-9H,3,6-7H2,1-2H3,(H,14,15). The summed E-state index contributed by atoms with van der Waals surface area (Å²) in [6.07, 6.45) is 1.21. The van der Waals surface area contributed by atoms with E-state index in [9.17, 15) is 4.79 Å². The first-order valence-corrected chi connectivity index (χ1v) is 6.64. The Labute approximate surface area is 105 Å². The SMILES string of the molecule is CCC1COC(C)CN1c1ccc(C(=O)O)s1. The first kappa shape index (κ1) is 12.4. The number of nitrogens with zero attached hydrogens (tertiary/aromatic N) is 1. The van der Waals surface area contributed by atoms with Gasteiger partial charge in [0.2, 0.25) is 0 Å². The van der Waals surface area contributed by atoms with Crippen molar-refractivity contribution in [3.05, 3.63) is 17.0 Å². The van der Waals surface area contributed by atoms with Gasteiger partial charge in [-0.3, -0.25) is 0 Å². The lowest BCUT2D eigenvalue weighted by Crippen LogP contribution is -2.48. The molecule has 1 aliphatic heterocycles. The molecule has 5 heteroatoms. The summed E-state index contributed by atoms with van der Waals surface area (Å²) >= 11 is 1.34. The number of hydrogen-bond donors (Lipinski definition) is 1. The summed E-state index contributed by atoms with van der Waals surface area (Å²) in [6.45, 7) is 5.73. The number of morpholine rings is 1. The normalized spacial score (nSPS) is 24.9. The molecule has 2 atom stereocenters. The molecule has 1 aromatic rings. The monoisotopic (exact) mass is 255 g/mol. The van der Waals surface area contributed by atoms with Crippen molar-refractivity contribution in [3.63, 3.8) is 0 Å². The van der Waals surface area contributed by atoms with E-state index >= 15 is 0 Å². The van der Waals surface area contributed by atoms with E-state index in [1.807, 2.05) is 13.0 Å². The van der Waals surface area contributed by atoms with Crippen molar-refractivity contribution in [2.24, 2.45) is 0 Å². The second kappa shape index (κ2) is 5.06. The highest BCUT2D eigenvalue weighted by molar-refractivity contribution is 7.17. The van der Waals surface area contributed by atoms with Gasteiger partial charge in [-0.05, 0) is 25.5 Å². The second-order valence-corrected chi connectivity index (χ2v) is 5.36. The molecule has 2 rings (SSSR count). The van der Waals surface area contributed by atoms with Gasteiger partial charge < -0.3 is 14.7 Å². The van der Waals surface area contributed by atoms with Gasteiger partial charge in [0.1, 0.15) is 4.88 Å². The van der Waals surface area contributed by atoms with Crippen molar-refractivity contribution in [2.45, 2.75) is 32.4 Å². The van der Waals surface area contributed by atoms with E-state index in [0.717, 1.165) is 24.6 Å². The fourth-order valence-electron chi connectivity index (χ4n) is 2.05. The van der Waals surface area contributed by atoms with Gasteiger partial charge in [0.25, 0.3) is 0 Å². The Kier molecular flexibility index (Phi) is 3.69. The van der Waals surface area contributed by atoms with Gasteiger partial charge >= 0.3 is 5.97 Å². The zero-order chi connectivity index (χ0) is 12.4. The molecule has 1 fully saturated rings. The zero-order valence-corrected chi connectivity index (χ0v) is 10.9. The van der Waals surface area contributed by atoms with E-state index in [0.29, 0.717) is 10.9 Å². The smallest absolute Gasteiger partial charge is 0.345 e. The Bertz CT molecular complexity index is 404. The van der Waals surface area contributed by atoms with Crippen LogP contribution in [0.3, 0.4) is 0 Å². The Morgan fingerprint density at radius 3 is 3.00 bits per heavy atom. The molecule has 0 spiro atoms. The van der Waals surface area contributed by atoms with E-state index in [1.165, 1.54) is 11.3 Å². The van der Waals surface area contributed by atoms with E-state index in [1.54, 1.807) is 6.07 Å². The highest BCUT2D eigenvalue weighted by atomic mass is 32.1. The second-order valence-electron chi connectivity index (χ2n) is 4.30. The average Bonchev–Trinajstić information content (AvgIpc) is 2.78. The average molecular weight is 255 g/mol. The summed E-state index contributed by atoms with van der Waals surface area (Å²) < 4.78 is 5.63. The minimum atomic E-state index is -0.851. The summed E-state index contributed by atoms with van der Waals surface area (Å²) in [6, 6.07) is 3.93. The molecule has 1 aliphatic rings. The third-order valence-electron chi connectivity index (χ3n) is 3.02. The molecule has 0 aromatic carbocycles. The van der Waals surface area contributed by atoms with Crippen molar-refractivity contribution in [1.82, 2.24) is 0 Å². The highest BCUT2D eigenvalue weighted by Crippen LogP contribution is 2.30. The topological polar surface area (TPSA) is 49.8 Å². The molecule has 1 saturated heterocycles. The summed E-state index contributed by atoms with van der Waals surface area (Å²) in [5.41, 5.74) is 0. The van der Waals surface area contributed by atoms with Crippen LogP contribution < -0.4 is 4.90 Å². The lowest BCUT2D eigenvalue weighted by Gasteiger charge is -2.39. The molecular weight excluding hydrogens is 238 g/mol. The Morgan fingerprint density at radius 1 is 1.65 bits per heavy atom. The molecule has 0 bridgehead atoms. The molecule has 0 radical (unpaired) electrons. The third-order valence-corrected chi connectivity index (χ3v) is 4.13. The molecule has 94 valence electrons. The molecule has 0 aliphatic carbocycles. The van der Waals surface area contributed by atoms with Crippen molar-refractivity contribution in [3.8, 4) is 0 Å². The van der Waals surface area contributed by atoms with Crippen LogP contribution in [0.5, 0.6) is 0 Å². The van der Waals surface area contributed by atoms with Crippen molar-refractivity contribution in [1.29, 1.82) is 0 Å². The number of thiophene rings is 1. The number of carboxylic acid groups (broad SMARTS) is 1. The maximum atomic E-state index is 10.9. The minimum Gasteiger partial charge on any atom is -0.477 e. The van der Waals surface area contributed by atoms with Gasteiger partial charge in [0.05, 0.1) is 23.8 Å². The van der Waals surface area contributed by atoms with Crippen molar-refractivity contribution < 1.29 is 14.6 Å². The summed E-state index contributed by atoms with van der Waals surface area (Å²) in [4.78, 5) is 13.5. The van der Waals surface area contributed by atoms with E-state index in [-0.39, 0.29) is 6.10 Å². The van der Waals surface area contributed by atoms with Crippen LogP contribution in [0.25, 0.3) is 0 Å². The van der Waals surface area contributed by atoms with Crippen molar-refractivity contribution >= 4 is 22.3 Å². The summed E-state index contributed by atoms with van der Waals surface area (Å²) in [7, 11) is 0. The predicted molar refractivity (Wildman–Crippen MR) is 68.1 cm³/mol. The molecule has 2 heterocycles. The number of aromatic carboxylic acids is 1. The molecule has 0 amide bonds. The molecule has 2 unspecified atom stereocenters. The number of ether oxygens (including phenoxy) is 1. The quantitative estimate of drug-likeness (QED) is 0.901. The number of hydrogen-bond acceptors (Lipinski definition) is 4. The van der Waals surface area contributed by atoms with Gasteiger partial charge in [-0.1, -0.05) is 6.92 Å². The first-order chi connectivity index (χ1) is 8.11. The zero-order valence-electron chi connectivity index (χ0n) is 10.0. The number of carbonyl (C=O) groups is 1. The van der Waals surface area contributed by atoms with Crippen molar-refractivity contribution in [2.75, 3.05) is 18.1 Å². The van der Waals surface area contributed by atoms with Crippen LogP contribution in [0, 0.1) is 0 Å². The van der Waals surface area contributed by atoms with Crippen LogP contribution in [-0.4, -0.2) is 36.4 Å². The summed E-state index contributed by atoms with van der Waals surface area (Å²) in [5, 5.41) is 9.97. The van der Waals surface area contributed by atoms with Crippen LogP contribution in [0.4, 0.5) is 5.00 Å². The maximum absolute atomic E-state index is 10.9. The van der Waals surface area contributed by atoms with E-state index in [2.05, 4.69) is 11.8 Å². The molecule has 17 heavy (non-hydrogen) atoms. The van der Waals surface area contributed by atoms with Gasteiger partial charge in [0, 0.05) is 6.54 Å². The minimum absolute atomic E-state index is 0.202. The molecule has 0 saturated carbocycles. The van der Waals surface area contributed by atoms with Crippen LogP contribution in [0.2, 0.25) is 0 Å². The lowest BCUT2D eigenvalue weighted by atomic mass is 10.1. The Morgan fingerprint density at radius 2 is 2.41 bits per heavy atom. The van der Waals surface area contributed by atoms with E-state index < -0.39 is 5.97 Å². The highest BCUT2D eigenvalue weighted by Gasteiger charge is 2.27. The molecule has 4 nitrogen and oxygen atoms in total. The van der Waals surface area contributed by atoms with Gasteiger partial charge in [0.15, 0.2) is 0 Å². The van der Waals surface area contributed by atoms with Crippen LogP contribution >= 0.6 is 11.3 Å². The lowest BCUT2D eigenvalue weighted by molar-refractivity contribution is 0.0302. The number of carboxylic acids is 1. The third kappa shape index (κ3) is 2.61.